The van der Waals surface area contributed by atoms with Crippen LogP contribution < -0.4 is 10.1 Å². The first-order valence-corrected chi connectivity index (χ1v) is 7.49. The third-order valence-electron chi connectivity index (χ3n) is 3.33. The molecule has 0 saturated heterocycles. The molecular weight excluding hydrogens is 338 g/mol. The summed E-state index contributed by atoms with van der Waals surface area (Å²) in [4.78, 5) is 21.2. The molecule has 0 heterocycles. The molecule has 2 rings (SSSR count). The van der Waals surface area contributed by atoms with Gasteiger partial charge in [0.2, 0.25) is 0 Å². The van der Waals surface area contributed by atoms with Gasteiger partial charge in [0.1, 0.15) is 17.5 Å². The van der Waals surface area contributed by atoms with Gasteiger partial charge in [0.15, 0.2) is 0 Å². The number of benzene rings is 2. The monoisotopic (exact) mass is 353 g/mol. The molecule has 8 nitrogen and oxygen atoms in total. The molecule has 26 heavy (non-hydrogen) atoms. The number of hydrogen-bond donors (Lipinski definition) is 2. The van der Waals surface area contributed by atoms with Crippen molar-refractivity contribution in [3.05, 3.63) is 76.0 Å². The van der Waals surface area contributed by atoms with E-state index in [4.69, 9.17) is 9.84 Å². The highest BCUT2D eigenvalue weighted by atomic mass is 16.6. The normalized spacial score (nSPS) is 11.9. The zero-order chi connectivity index (χ0) is 19.1. The van der Waals surface area contributed by atoms with Crippen LogP contribution in [0, 0.1) is 21.4 Å². The van der Waals surface area contributed by atoms with E-state index < -0.39 is 16.9 Å². The lowest BCUT2D eigenvalue weighted by molar-refractivity contribution is -0.384. The second kappa shape index (κ2) is 8.30. The third-order valence-corrected chi connectivity index (χ3v) is 3.33. The highest BCUT2D eigenvalue weighted by molar-refractivity contribution is 5.80. The zero-order valence-corrected chi connectivity index (χ0v) is 13.7. The van der Waals surface area contributed by atoms with Crippen molar-refractivity contribution < 1.29 is 19.6 Å². The number of nitro benzene ring substituents is 1. The average molecular weight is 353 g/mol. The largest absolute Gasteiger partial charge is 0.478 e. The smallest absolute Gasteiger partial charge is 0.330 e. The molecule has 8 heteroatoms. The zero-order valence-electron chi connectivity index (χ0n) is 13.7. The molecule has 2 aromatic carbocycles. The Hall–Kier alpha value is -3.86. The standard InChI is InChI=1S/C18H15N3O5/c1-12(9-18(22)23)20-16(11-19)15-10-13(21(24)25)7-8-17(15)26-14-5-3-2-4-6-14/h2-10,16,20H,1H3,(H,22,23)/b12-9-. The summed E-state index contributed by atoms with van der Waals surface area (Å²) in [6.45, 7) is 1.48. The Bertz CT molecular complexity index is 887. The van der Waals surface area contributed by atoms with E-state index in [1.807, 2.05) is 12.1 Å². The number of carbonyl (C=O) groups is 1. The molecule has 0 aliphatic rings. The SMILES string of the molecule is C/C(=C/C(=O)O)NC(C#N)c1cc([N+](=O)[O-])ccc1Oc1ccccc1. The number of carboxylic acids is 1. The number of para-hydroxylation sites is 1. The quantitative estimate of drug-likeness (QED) is 0.443. The van der Waals surface area contributed by atoms with Crippen LogP contribution in [0.5, 0.6) is 11.5 Å². The summed E-state index contributed by atoms with van der Waals surface area (Å²) in [6, 6.07) is 13.6. The Labute approximate surface area is 149 Å². The van der Waals surface area contributed by atoms with Gasteiger partial charge in [-0.25, -0.2) is 4.79 Å². The molecule has 0 amide bonds. The van der Waals surface area contributed by atoms with E-state index in [2.05, 4.69) is 5.32 Å². The van der Waals surface area contributed by atoms with E-state index in [0.29, 0.717) is 5.75 Å². The van der Waals surface area contributed by atoms with Gasteiger partial charge in [-0.1, -0.05) is 18.2 Å². The van der Waals surface area contributed by atoms with Crippen LogP contribution in [0.15, 0.2) is 60.3 Å². The van der Waals surface area contributed by atoms with Crippen molar-refractivity contribution in [2.45, 2.75) is 13.0 Å². The summed E-state index contributed by atoms with van der Waals surface area (Å²) in [6.07, 6.45) is 0.902. The fourth-order valence-corrected chi connectivity index (χ4v) is 2.22. The summed E-state index contributed by atoms with van der Waals surface area (Å²) < 4.78 is 5.74. The highest BCUT2D eigenvalue weighted by Gasteiger charge is 2.20. The Morgan fingerprint density at radius 1 is 1.35 bits per heavy atom. The van der Waals surface area contributed by atoms with Crippen molar-refractivity contribution in [2.24, 2.45) is 0 Å². The number of nitro groups is 1. The van der Waals surface area contributed by atoms with E-state index >= 15 is 0 Å². The Morgan fingerprint density at radius 3 is 2.62 bits per heavy atom. The van der Waals surface area contributed by atoms with Gasteiger partial charge in [0.25, 0.3) is 5.69 Å². The maximum Gasteiger partial charge on any atom is 0.330 e. The lowest BCUT2D eigenvalue weighted by Gasteiger charge is -2.17. The number of carboxylic acid groups (broad SMARTS) is 1. The maximum atomic E-state index is 11.1. The van der Waals surface area contributed by atoms with Crippen LogP contribution in [0.1, 0.15) is 18.5 Å². The van der Waals surface area contributed by atoms with Crippen LogP contribution in [0.4, 0.5) is 5.69 Å². The molecule has 0 saturated carbocycles. The fourth-order valence-electron chi connectivity index (χ4n) is 2.22. The molecule has 0 fully saturated rings. The van der Waals surface area contributed by atoms with Gasteiger partial charge < -0.3 is 15.2 Å². The number of hydrogen-bond acceptors (Lipinski definition) is 6. The number of aliphatic carboxylic acids is 1. The maximum absolute atomic E-state index is 11.1. The molecule has 0 aliphatic carbocycles. The first kappa shape index (κ1) is 18.5. The summed E-state index contributed by atoms with van der Waals surface area (Å²) >= 11 is 0. The number of non-ortho nitro benzene ring substituents is 1. The predicted molar refractivity (Wildman–Crippen MR) is 92.5 cm³/mol. The molecule has 0 aromatic heterocycles. The summed E-state index contributed by atoms with van der Waals surface area (Å²) in [5, 5.41) is 32.1. The van der Waals surface area contributed by atoms with Crippen LogP contribution >= 0.6 is 0 Å². The van der Waals surface area contributed by atoms with Gasteiger partial charge in [-0.15, -0.1) is 0 Å². The molecule has 1 atom stereocenters. The Kier molecular flexibility index (Phi) is 5.90. The highest BCUT2D eigenvalue weighted by Crippen LogP contribution is 2.33. The van der Waals surface area contributed by atoms with E-state index in [0.717, 1.165) is 6.08 Å². The summed E-state index contributed by atoms with van der Waals surface area (Å²) in [5.41, 5.74) is 0.243. The molecule has 2 aromatic rings. The van der Waals surface area contributed by atoms with Crippen molar-refractivity contribution in [1.82, 2.24) is 5.32 Å². The number of nitrogens with one attached hydrogen (secondary N) is 1. The predicted octanol–water partition coefficient (Wildman–Crippen LogP) is 3.53. The number of ether oxygens (including phenoxy) is 1. The number of allylic oxidation sites excluding steroid dienone is 1. The molecular formula is C18H15N3O5. The van der Waals surface area contributed by atoms with Crippen LogP contribution in [-0.2, 0) is 4.79 Å². The van der Waals surface area contributed by atoms with Crippen molar-refractivity contribution in [1.29, 1.82) is 5.26 Å². The van der Waals surface area contributed by atoms with Gasteiger partial charge in [0, 0.05) is 29.5 Å². The van der Waals surface area contributed by atoms with Crippen LogP contribution in [-0.4, -0.2) is 16.0 Å². The summed E-state index contributed by atoms with van der Waals surface area (Å²) in [5.74, 6) is -0.424. The number of rotatable bonds is 7. The van der Waals surface area contributed by atoms with Gasteiger partial charge in [0.05, 0.1) is 11.0 Å². The van der Waals surface area contributed by atoms with Crippen LogP contribution in [0.2, 0.25) is 0 Å². The van der Waals surface area contributed by atoms with Crippen molar-refractivity contribution in [2.75, 3.05) is 0 Å². The first-order valence-electron chi connectivity index (χ1n) is 7.49. The van der Waals surface area contributed by atoms with Crippen molar-refractivity contribution in [3.8, 4) is 17.6 Å². The van der Waals surface area contributed by atoms with Gasteiger partial charge in [-0.3, -0.25) is 10.1 Å². The van der Waals surface area contributed by atoms with Crippen molar-refractivity contribution in [3.63, 3.8) is 0 Å². The topological polar surface area (TPSA) is 125 Å². The minimum Gasteiger partial charge on any atom is -0.478 e. The van der Waals surface area contributed by atoms with Gasteiger partial charge in [-0.05, 0) is 25.1 Å². The minimum atomic E-state index is -1.17. The molecule has 132 valence electrons. The Morgan fingerprint density at radius 2 is 2.04 bits per heavy atom. The molecule has 0 bridgehead atoms. The second-order valence-electron chi connectivity index (χ2n) is 5.27. The van der Waals surface area contributed by atoms with E-state index in [-0.39, 0.29) is 22.7 Å². The molecule has 0 spiro atoms. The lowest BCUT2D eigenvalue weighted by atomic mass is 10.1. The Balaban J connectivity index is 2.44. The first-order chi connectivity index (χ1) is 12.4. The van der Waals surface area contributed by atoms with E-state index in [9.17, 15) is 20.2 Å². The molecule has 0 radical (unpaired) electrons. The second-order valence-corrected chi connectivity index (χ2v) is 5.27. The average Bonchev–Trinajstić information content (AvgIpc) is 2.60. The fraction of sp³-hybridized carbons (Fsp3) is 0.111. The van der Waals surface area contributed by atoms with Crippen molar-refractivity contribution >= 4 is 11.7 Å². The van der Waals surface area contributed by atoms with E-state index in [1.165, 1.54) is 25.1 Å². The van der Waals surface area contributed by atoms with Crippen LogP contribution in [0.25, 0.3) is 0 Å². The lowest BCUT2D eigenvalue weighted by Crippen LogP contribution is -2.19. The van der Waals surface area contributed by atoms with Gasteiger partial charge >= 0.3 is 5.97 Å². The van der Waals surface area contributed by atoms with Crippen LogP contribution in [0.3, 0.4) is 0 Å². The summed E-state index contributed by atoms with van der Waals surface area (Å²) in [7, 11) is 0. The van der Waals surface area contributed by atoms with Gasteiger partial charge in [-0.2, -0.15) is 5.26 Å². The minimum absolute atomic E-state index is 0.206. The molecule has 1 unspecified atom stereocenters. The molecule has 0 aliphatic heterocycles. The van der Waals surface area contributed by atoms with E-state index in [1.54, 1.807) is 24.3 Å². The number of nitrogens with zero attached hydrogens (tertiary/aromatic N) is 2. The third kappa shape index (κ3) is 4.82. The molecule has 2 N–H and O–H groups in total. The number of nitriles is 1.